The van der Waals surface area contributed by atoms with E-state index in [2.05, 4.69) is 14.9 Å². The van der Waals surface area contributed by atoms with E-state index in [9.17, 15) is 14.6 Å². The quantitative estimate of drug-likeness (QED) is 0.412. The Bertz CT molecular complexity index is 1260. The molecule has 212 valence electrons. The molecule has 4 bridgehead atoms. The molecule has 0 radical (unpaired) electrons. The van der Waals surface area contributed by atoms with Crippen LogP contribution in [0.1, 0.15) is 27.8 Å². The summed E-state index contributed by atoms with van der Waals surface area (Å²) in [6.07, 6.45) is 3.79. The van der Waals surface area contributed by atoms with E-state index in [1.165, 1.54) is 12.1 Å². The molecule has 1 heterocycles. The van der Waals surface area contributed by atoms with Crippen LogP contribution in [-0.4, -0.2) is 73.6 Å². The number of halogens is 3. The van der Waals surface area contributed by atoms with Crippen LogP contribution in [0.15, 0.2) is 58.5 Å². The lowest BCUT2D eigenvalue weighted by molar-refractivity contribution is 0.0541. The molecule has 7 nitrogen and oxygen atoms in total. The van der Waals surface area contributed by atoms with E-state index < -0.39 is 0 Å². The first kappa shape index (κ1) is 30.0. The Labute approximate surface area is 243 Å². The molecule has 10 heteroatoms. The normalized spacial score (nSPS) is 16.0. The van der Waals surface area contributed by atoms with Crippen molar-refractivity contribution in [2.24, 2.45) is 9.98 Å². The van der Waals surface area contributed by atoms with Gasteiger partial charge in [-0.25, -0.2) is 4.39 Å². The van der Waals surface area contributed by atoms with Crippen molar-refractivity contribution < 1.29 is 24.1 Å². The smallest absolute Gasteiger partial charge is 0.128 e. The fourth-order valence-corrected chi connectivity index (χ4v) is 4.81. The Kier molecular flexibility index (Phi) is 11.3. The van der Waals surface area contributed by atoms with Crippen LogP contribution in [0.5, 0.6) is 11.5 Å². The van der Waals surface area contributed by atoms with Gasteiger partial charge in [-0.3, -0.25) is 14.9 Å². The molecule has 3 aromatic rings. The Morgan fingerprint density at radius 2 is 1.25 bits per heavy atom. The number of phenols is 2. The minimum atomic E-state index is -0.295. The van der Waals surface area contributed by atoms with Crippen molar-refractivity contribution in [1.29, 1.82) is 0 Å². The number of benzene rings is 3. The van der Waals surface area contributed by atoms with Gasteiger partial charge in [-0.05, 0) is 48.4 Å². The molecule has 0 saturated heterocycles. The maximum Gasteiger partial charge on any atom is 0.128 e. The van der Waals surface area contributed by atoms with Gasteiger partial charge in [0.1, 0.15) is 17.3 Å². The van der Waals surface area contributed by atoms with Gasteiger partial charge in [0, 0.05) is 64.4 Å². The van der Waals surface area contributed by atoms with Crippen molar-refractivity contribution in [1.82, 2.24) is 4.90 Å². The number of phenolic OH excluding ortho intramolecular Hbond substituents is 2. The lowest BCUT2D eigenvalue weighted by Crippen LogP contribution is -2.26. The predicted molar refractivity (Wildman–Crippen MR) is 157 cm³/mol. The van der Waals surface area contributed by atoms with Crippen molar-refractivity contribution in [2.45, 2.75) is 19.5 Å². The Morgan fingerprint density at radius 1 is 0.750 bits per heavy atom. The van der Waals surface area contributed by atoms with Crippen LogP contribution in [0.4, 0.5) is 4.39 Å². The maximum absolute atomic E-state index is 13.4. The lowest BCUT2D eigenvalue weighted by Gasteiger charge is -2.24. The number of aliphatic imine (C=N–C) groups is 2. The van der Waals surface area contributed by atoms with E-state index >= 15 is 0 Å². The zero-order chi connectivity index (χ0) is 28.3. The average Bonchev–Trinajstić information content (AvgIpc) is 2.92. The summed E-state index contributed by atoms with van der Waals surface area (Å²) in [7, 11) is 0. The zero-order valence-corrected chi connectivity index (χ0v) is 23.5. The van der Waals surface area contributed by atoms with E-state index in [0.29, 0.717) is 97.9 Å². The van der Waals surface area contributed by atoms with Gasteiger partial charge in [-0.15, -0.1) is 0 Å². The van der Waals surface area contributed by atoms with Gasteiger partial charge < -0.3 is 19.7 Å². The van der Waals surface area contributed by atoms with Crippen LogP contribution in [-0.2, 0) is 29.0 Å². The van der Waals surface area contributed by atoms with Gasteiger partial charge in [-0.1, -0.05) is 35.3 Å². The Hall–Kier alpha value is -3.01. The van der Waals surface area contributed by atoms with E-state index in [1.54, 1.807) is 48.8 Å². The monoisotopic (exact) mass is 587 g/mol. The molecule has 0 spiro atoms. The van der Waals surface area contributed by atoms with Crippen molar-refractivity contribution >= 4 is 35.6 Å². The van der Waals surface area contributed by atoms with Crippen LogP contribution < -0.4 is 0 Å². The molecule has 0 aromatic heterocycles. The van der Waals surface area contributed by atoms with E-state index in [0.717, 1.165) is 5.56 Å². The average molecular weight is 589 g/mol. The second kappa shape index (κ2) is 15.1. The summed E-state index contributed by atoms with van der Waals surface area (Å²) in [5.74, 6) is -0.150. The van der Waals surface area contributed by atoms with Crippen LogP contribution in [0.2, 0.25) is 10.0 Å². The van der Waals surface area contributed by atoms with Gasteiger partial charge in [0.15, 0.2) is 0 Å². The minimum absolute atomic E-state index is 0.0725. The summed E-state index contributed by atoms with van der Waals surface area (Å²) >= 11 is 12.8. The first-order valence-electron chi connectivity index (χ1n) is 13.0. The fourth-order valence-electron chi connectivity index (χ4n) is 4.31. The second-order valence-electron chi connectivity index (χ2n) is 9.39. The van der Waals surface area contributed by atoms with E-state index in [-0.39, 0.29) is 17.3 Å². The SMILES string of the molecule is Oc1c2cc(Cl)cc1CN(CCc1ccc(F)cc1)Cc1cc(Cl)cc(c1O)C=NCCOCCOCCN=C2. The zero-order valence-electron chi connectivity index (χ0n) is 22.0. The second-order valence-corrected chi connectivity index (χ2v) is 10.3. The molecule has 0 saturated carbocycles. The third-order valence-corrected chi connectivity index (χ3v) is 6.78. The summed E-state index contributed by atoms with van der Waals surface area (Å²) < 4.78 is 24.5. The summed E-state index contributed by atoms with van der Waals surface area (Å²) in [6.45, 7) is 3.73. The number of aromatic hydroxyl groups is 2. The molecule has 3 aromatic carbocycles. The Morgan fingerprint density at radius 3 is 1.75 bits per heavy atom. The number of hydrogen-bond donors (Lipinski definition) is 2. The molecule has 2 N–H and O–H groups in total. The van der Waals surface area contributed by atoms with Crippen molar-refractivity contribution in [3.63, 3.8) is 0 Å². The van der Waals surface area contributed by atoms with Gasteiger partial charge in [0.2, 0.25) is 0 Å². The van der Waals surface area contributed by atoms with Crippen LogP contribution >= 0.6 is 23.2 Å². The highest BCUT2D eigenvalue weighted by atomic mass is 35.5. The van der Waals surface area contributed by atoms with Crippen molar-refractivity contribution in [3.05, 3.63) is 92.2 Å². The van der Waals surface area contributed by atoms with Crippen molar-refractivity contribution in [2.75, 3.05) is 46.1 Å². The number of ether oxygens (including phenoxy) is 2. The molecule has 0 aliphatic carbocycles. The van der Waals surface area contributed by atoms with Gasteiger partial charge in [-0.2, -0.15) is 0 Å². The van der Waals surface area contributed by atoms with E-state index in [1.807, 2.05) is 0 Å². The molecule has 40 heavy (non-hydrogen) atoms. The molecule has 0 amide bonds. The number of nitrogens with zero attached hydrogens (tertiary/aromatic N) is 3. The van der Waals surface area contributed by atoms with Crippen LogP contribution in [0.25, 0.3) is 0 Å². The molecule has 1 aliphatic heterocycles. The van der Waals surface area contributed by atoms with Gasteiger partial charge >= 0.3 is 0 Å². The maximum atomic E-state index is 13.4. The number of fused-ring (bicyclic) bond motifs is 4. The summed E-state index contributed by atoms with van der Waals surface area (Å²) in [5, 5.41) is 23.1. The lowest BCUT2D eigenvalue weighted by atomic mass is 10.1. The highest BCUT2D eigenvalue weighted by molar-refractivity contribution is 6.31. The number of rotatable bonds is 3. The summed E-state index contributed by atoms with van der Waals surface area (Å²) in [5.41, 5.74) is 3.17. The van der Waals surface area contributed by atoms with Crippen molar-refractivity contribution in [3.8, 4) is 11.5 Å². The van der Waals surface area contributed by atoms with Gasteiger partial charge in [0.25, 0.3) is 0 Å². The number of hydrogen-bond acceptors (Lipinski definition) is 7. The molecule has 4 rings (SSSR count). The highest BCUT2D eigenvalue weighted by Gasteiger charge is 2.17. The van der Waals surface area contributed by atoms with Crippen LogP contribution in [0, 0.1) is 5.82 Å². The van der Waals surface area contributed by atoms with Crippen LogP contribution in [0.3, 0.4) is 0 Å². The molecule has 0 atom stereocenters. The fraction of sp³-hybridized carbons (Fsp3) is 0.333. The first-order valence-corrected chi connectivity index (χ1v) is 13.8. The highest BCUT2D eigenvalue weighted by Crippen LogP contribution is 2.31. The molecule has 0 fully saturated rings. The predicted octanol–water partition coefficient (Wildman–Crippen LogP) is 5.67. The third-order valence-electron chi connectivity index (χ3n) is 6.35. The van der Waals surface area contributed by atoms with E-state index in [4.69, 9.17) is 32.7 Å². The minimum Gasteiger partial charge on any atom is -0.507 e. The molecule has 1 aliphatic rings. The molecular weight excluding hydrogens is 556 g/mol. The van der Waals surface area contributed by atoms with Gasteiger partial charge in [0.05, 0.1) is 39.5 Å². The summed E-state index contributed by atoms with van der Waals surface area (Å²) in [4.78, 5) is 10.8. The standard InChI is InChI=1S/C30H32Cl2FN3O4/c31-26-13-22-17-34-6-9-39-11-12-40-10-7-35-18-23-14-27(32)16-25(30(23)38)20-36(19-24(15-26)29(22)37)8-5-21-1-3-28(33)4-2-21/h1-4,13-18,37-38H,5-12,19-20H2. The summed E-state index contributed by atoms with van der Waals surface area (Å²) in [6, 6.07) is 13.1. The molecular formula is C30H32Cl2FN3O4. The Balaban J connectivity index is 1.66. The topological polar surface area (TPSA) is 86.9 Å². The first-order chi connectivity index (χ1) is 19.4. The molecule has 0 unspecified atom stereocenters. The third kappa shape index (κ3) is 9.01. The largest absolute Gasteiger partial charge is 0.507 e.